The smallest absolute Gasteiger partial charge is 0.328 e. The van der Waals surface area contributed by atoms with Crippen LogP contribution in [0.5, 0.6) is 0 Å². The summed E-state index contributed by atoms with van der Waals surface area (Å²) in [6.45, 7) is 0. The van der Waals surface area contributed by atoms with Crippen molar-refractivity contribution in [2.24, 2.45) is 12.0 Å². The second kappa shape index (κ2) is 5.86. The first-order valence-electron chi connectivity index (χ1n) is 4.54. The number of carboxylic acids is 1. The average Bonchev–Trinajstić information content (AvgIpc) is 2.63. The summed E-state index contributed by atoms with van der Waals surface area (Å²) < 4.78 is 1.74. The molecule has 88 valence electrons. The molecule has 0 aliphatic heterocycles. The standard InChI is InChI=1S/C9H13N3O4/c1-12-5-10-4-7(12)3-8(9(13)14)11-6-16-15-2/h4-6,8H,3H2,1-2H3,(H,13,14)/t8-/m1/s1. The number of hydrogen-bond donors (Lipinski definition) is 1. The van der Waals surface area contributed by atoms with Crippen LogP contribution in [-0.4, -0.2) is 40.2 Å². The van der Waals surface area contributed by atoms with Gasteiger partial charge in [0.05, 0.1) is 13.4 Å². The highest BCUT2D eigenvalue weighted by Crippen LogP contribution is 2.04. The molecule has 7 heteroatoms. The summed E-state index contributed by atoms with van der Waals surface area (Å²) in [6, 6.07) is -0.912. The average molecular weight is 227 g/mol. The number of hydrogen-bond acceptors (Lipinski definition) is 5. The van der Waals surface area contributed by atoms with E-state index in [1.165, 1.54) is 7.11 Å². The van der Waals surface area contributed by atoms with Crippen LogP contribution in [0, 0.1) is 0 Å². The lowest BCUT2D eigenvalue weighted by molar-refractivity contribution is -0.188. The maximum atomic E-state index is 10.9. The Morgan fingerprint density at radius 1 is 1.81 bits per heavy atom. The number of aryl methyl sites for hydroxylation is 1. The molecule has 1 N–H and O–H groups in total. The number of rotatable bonds is 6. The highest BCUT2D eigenvalue weighted by atomic mass is 17.2. The third-order valence-electron chi connectivity index (χ3n) is 1.98. The summed E-state index contributed by atoms with van der Waals surface area (Å²) >= 11 is 0. The maximum Gasteiger partial charge on any atom is 0.328 e. The second-order valence-electron chi connectivity index (χ2n) is 3.07. The second-order valence-corrected chi connectivity index (χ2v) is 3.07. The molecule has 0 aliphatic carbocycles. The molecular formula is C9H13N3O4. The SMILES string of the molecule is COOC=N[C@H](Cc1cncn1C)C(=O)O. The lowest BCUT2D eigenvalue weighted by Gasteiger charge is -2.07. The van der Waals surface area contributed by atoms with Gasteiger partial charge < -0.3 is 14.6 Å². The van der Waals surface area contributed by atoms with Crippen LogP contribution in [0.15, 0.2) is 17.5 Å². The van der Waals surface area contributed by atoms with Gasteiger partial charge in [-0.3, -0.25) is 0 Å². The van der Waals surface area contributed by atoms with Crippen LogP contribution >= 0.6 is 0 Å². The van der Waals surface area contributed by atoms with Crippen LogP contribution in [0.4, 0.5) is 0 Å². The van der Waals surface area contributed by atoms with Crippen molar-refractivity contribution in [3.63, 3.8) is 0 Å². The van der Waals surface area contributed by atoms with Gasteiger partial charge in [-0.15, -0.1) is 0 Å². The van der Waals surface area contributed by atoms with Crippen LogP contribution in [0.1, 0.15) is 5.69 Å². The number of aromatic nitrogens is 2. The minimum Gasteiger partial charge on any atom is -0.480 e. The zero-order chi connectivity index (χ0) is 12.0. The Hall–Kier alpha value is -1.89. The highest BCUT2D eigenvalue weighted by Gasteiger charge is 2.17. The van der Waals surface area contributed by atoms with Gasteiger partial charge in [0.1, 0.15) is 0 Å². The van der Waals surface area contributed by atoms with Crippen LogP contribution in [0.2, 0.25) is 0 Å². The Bertz CT molecular complexity index is 375. The van der Waals surface area contributed by atoms with Crippen molar-refractivity contribution in [1.82, 2.24) is 9.55 Å². The van der Waals surface area contributed by atoms with E-state index in [1.807, 2.05) is 0 Å². The first-order chi connectivity index (χ1) is 7.65. The van der Waals surface area contributed by atoms with Crippen molar-refractivity contribution < 1.29 is 19.7 Å². The van der Waals surface area contributed by atoms with E-state index in [9.17, 15) is 4.79 Å². The fourth-order valence-corrected chi connectivity index (χ4v) is 1.12. The molecule has 1 heterocycles. The number of imidazole rings is 1. The van der Waals surface area contributed by atoms with Gasteiger partial charge in [0.15, 0.2) is 6.04 Å². The highest BCUT2D eigenvalue weighted by molar-refractivity contribution is 5.75. The Morgan fingerprint density at radius 3 is 3.06 bits per heavy atom. The van der Waals surface area contributed by atoms with Gasteiger partial charge in [-0.05, 0) is 0 Å². The van der Waals surface area contributed by atoms with Crippen molar-refractivity contribution in [1.29, 1.82) is 0 Å². The largest absolute Gasteiger partial charge is 0.480 e. The predicted octanol–water partition coefficient (Wildman–Crippen LogP) is 0.0221. The number of aliphatic imine (C=N–C) groups is 1. The summed E-state index contributed by atoms with van der Waals surface area (Å²) in [5.74, 6) is -1.03. The normalized spacial score (nSPS) is 12.9. The molecule has 1 aromatic heterocycles. The van der Waals surface area contributed by atoms with Crippen LogP contribution in [-0.2, 0) is 28.0 Å². The topological polar surface area (TPSA) is 85.9 Å². The maximum absolute atomic E-state index is 10.9. The Labute approximate surface area is 92.3 Å². The number of nitrogens with zero attached hydrogens (tertiary/aromatic N) is 3. The molecule has 0 aromatic carbocycles. The lowest BCUT2D eigenvalue weighted by atomic mass is 10.2. The van der Waals surface area contributed by atoms with E-state index in [4.69, 9.17) is 5.11 Å². The summed E-state index contributed by atoms with van der Waals surface area (Å²) in [4.78, 5) is 27.2. The molecule has 16 heavy (non-hydrogen) atoms. The Balaban J connectivity index is 2.65. The molecule has 0 saturated heterocycles. The summed E-state index contributed by atoms with van der Waals surface area (Å²) in [6.07, 6.45) is 4.41. The number of carboxylic acid groups (broad SMARTS) is 1. The van der Waals surface area contributed by atoms with E-state index in [2.05, 4.69) is 19.8 Å². The van der Waals surface area contributed by atoms with E-state index in [0.717, 1.165) is 12.1 Å². The molecule has 0 bridgehead atoms. The van der Waals surface area contributed by atoms with Gasteiger partial charge in [0.25, 0.3) is 0 Å². The fourth-order valence-electron chi connectivity index (χ4n) is 1.12. The third kappa shape index (κ3) is 3.35. The zero-order valence-corrected chi connectivity index (χ0v) is 9.03. The molecule has 0 spiro atoms. The first kappa shape index (κ1) is 12.2. The van der Waals surface area contributed by atoms with Crippen molar-refractivity contribution in [2.45, 2.75) is 12.5 Å². The van der Waals surface area contributed by atoms with Crippen LogP contribution in [0.25, 0.3) is 0 Å². The molecule has 1 atom stereocenters. The van der Waals surface area contributed by atoms with Gasteiger partial charge in [-0.2, -0.15) is 4.89 Å². The number of aliphatic carboxylic acids is 1. The number of carbonyl (C=O) groups is 1. The lowest BCUT2D eigenvalue weighted by Crippen LogP contribution is -2.22. The van der Waals surface area contributed by atoms with E-state index < -0.39 is 12.0 Å². The predicted molar refractivity (Wildman–Crippen MR) is 54.9 cm³/mol. The van der Waals surface area contributed by atoms with Crippen LogP contribution in [0.3, 0.4) is 0 Å². The molecule has 7 nitrogen and oxygen atoms in total. The van der Waals surface area contributed by atoms with Crippen molar-refractivity contribution >= 4 is 12.4 Å². The minimum absolute atomic E-state index is 0.245. The molecule has 0 amide bonds. The van der Waals surface area contributed by atoms with E-state index >= 15 is 0 Å². The quantitative estimate of drug-likeness (QED) is 0.320. The monoisotopic (exact) mass is 227 g/mol. The Kier molecular flexibility index (Phi) is 4.46. The van der Waals surface area contributed by atoms with Crippen molar-refractivity contribution in [2.75, 3.05) is 7.11 Å². The van der Waals surface area contributed by atoms with E-state index in [1.54, 1.807) is 24.1 Å². The Morgan fingerprint density at radius 2 is 2.56 bits per heavy atom. The van der Waals surface area contributed by atoms with Gasteiger partial charge in [-0.25, -0.2) is 14.8 Å². The summed E-state index contributed by atoms with van der Waals surface area (Å²) in [7, 11) is 3.10. The van der Waals surface area contributed by atoms with Gasteiger partial charge in [0, 0.05) is 25.4 Å². The molecule has 0 aliphatic rings. The molecule has 1 rings (SSSR count). The van der Waals surface area contributed by atoms with E-state index in [-0.39, 0.29) is 6.42 Å². The zero-order valence-electron chi connectivity index (χ0n) is 9.03. The van der Waals surface area contributed by atoms with Crippen molar-refractivity contribution in [3.8, 4) is 0 Å². The van der Waals surface area contributed by atoms with Gasteiger partial charge in [-0.1, -0.05) is 0 Å². The molecular weight excluding hydrogens is 214 g/mol. The molecule has 0 unspecified atom stereocenters. The minimum atomic E-state index is -1.03. The molecule has 0 saturated carbocycles. The third-order valence-corrected chi connectivity index (χ3v) is 1.98. The molecule has 1 aromatic rings. The summed E-state index contributed by atoms with van der Waals surface area (Å²) in [5.41, 5.74) is 0.780. The van der Waals surface area contributed by atoms with Crippen molar-refractivity contribution in [3.05, 3.63) is 18.2 Å². The fraction of sp³-hybridized carbons (Fsp3) is 0.444. The summed E-state index contributed by atoms with van der Waals surface area (Å²) in [5, 5.41) is 8.92. The van der Waals surface area contributed by atoms with Gasteiger partial charge >= 0.3 is 5.97 Å². The first-order valence-corrected chi connectivity index (χ1v) is 4.54. The molecule has 0 radical (unpaired) electrons. The van der Waals surface area contributed by atoms with Crippen LogP contribution < -0.4 is 0 Å². The molecule has 0 fully saturated rings. The van der Waals surface area contributed by atoms with E-state index in [0.29, 0.717) is 0 Å². The van der Waals surface area contributed by atoms with Gasteiger partial charge in [0.2, 0.25) is 6.40 Å².